The summed E-state index contributed by atoms with van der Waals surface area (Å²) in [5.74, 6) is 1.89. The van der Waals surface area contributed by atoms with Crippen LogP contribution in [0.3, 0.4) is 0 Å². The number of nitrogens with zero attached hydrogens (tertiary/aromatic N) is 3. The van der Waals surface area contributed by atoms with Crippen LogP contribution in [0.4, 0.5) is 17.6 Å². The van der Waals surface area contributed by atoms with Crippen LogP contribution in [-0.2, 0) is 0 Å². The van der Waals surface area contributed by atoms with Crippen molar-refractivity contribution in [2.45, 2.75) is 6.92 Å². The maximum Gasteiger partial charge on any atom is 0.230 e. The van der Waals surface area contributed by atoms with E-state index in [1.165, 1.54) is 0 Å². The maximum atomic E-state index is 8.91. The van der Waals surface area contributed by atoms with Crippen molar-refractivity contribution in [2.24, 2.45) is 0 Å². The Morgan fingerprint density at radius 3 is 2.82 bits per heavy atom. The first-order chi connectivity index (χ1) is 10.8. The molecule has 0 aliphatic rings. The van der Waals surface area contributed by atoms with E-state index in [9.17, 15) is 0 Å². The summed E-state index contributed by atoms with van der Waals surface area (Å²) in [5, 5.41) is 17.2. The molecule has 0 atom stereocenters. The fourth-order valence-electron chi connectivity index (χ4n) is 2.18. The molecule has 22 heavy (non-hydrogen) atoms. The highest BCUT2D eigenvalue weighted by Crippen LogP contribution is 2.23. The van der Waals surface area contributed by atoms with E-state index in [-0.39, 0.29) is 6.61 Å². The highest BCUT2D eigenvalue weighted by Gasteiger charge is 2.07. The van der Waals surface area contributed by atoms with Crippen LogP contribution in [0.2, 0.25) is 0 Å². The lowest BCUT2D eigenvalue weighted by atomic mass is 10.1. The summed E-state index contributed by atoms with van der Waals surface area (Å²) in [6.45, 7) is 2.42. The third-order valence-electron chi connectivity index (χ3n) is 3.28. The highest BCUT2D eigenvalue weighted by molar-refractivity contribution is 5.92. The van der Waals surface area contributed by atoms with E-state index in [4.69, 9.17) is 5.11 Å². The molecule has 0 fully saturated rings. The number of nitrogens with one attached hydrogen (secondary N) is 2. The Hall–Kier alpha value is -2.73. The molecule has 1 aromatic carbocycles. The van der Waals surface area contributed by atoms with Gasteiger partial charge in [0.05, 0.1) is 6.61 Å². The van der Waals surface area contributed by atoms with Gasteiger partial charge in [0.1, 0.15) is 11.6 Å². The summed E-state index contributed by atoms with van der Waals surface area (Å²) in [7, 11) is 0. The average molecular weight is 295 g/mol. The molecule has 3 N–H and O–H groups in total. The standard InChI is InChI=1S/C16H17N5O/c1-11-10-19-16(20-14(11)18-8-9-22)21-15-13-5-3-2-4-12(13)6-7-17-15/h2-7,10,22H,8-9H2,1H3,(H2,17,18,19,20,21). The summed E-state index contributed by atoms with van der Waals surface area (Å²) in [4.78, 5) is 13.1. The van der Waals surface area contributed by atoms with Gasteiger partial charge in [0.15, 0.2) is 0 Å². The van der Waals surface area contributed by atoms with Gasteiger partial charge in [0, 0.05) is 29.9 Å². The van der Waals surface area contributed by atoms with Gasteiger partial charge in [0.25, 0.3) is 0 Å². The molecule has 3 aromatic rings. The van der Waals surface area contributed by atoms with Crippen molar-refractivity contribution >= 4 is 28.4 Å². The molecule has 0 saturated carbocycles. The van der Waals surface area contributed by atoms with Crippen LogP contribution in [0.5, 0.6) is 0 Å². The van der Waals surface area contributed by atoms with E-state index in [1.807, 2.05) is 37.3 Å². The molecule has 2 aromatic heterocycles. The van der Waals surface area contributed by atoms with Crippen molar-refractivity contribution in [2.75, 3.05) is 23.8 Å². The minimum absolute atomic E-state index is 0.0527. The van der Waals surface area contributed by atoms with E-state index >= 15 is 0 Å². The summed E-state index contributed by atoms with van der Waals surface area (Å²) in [6.07, 6.45) is 3.49. The van der Waals surface area contributed by atoms with Crippen LogP contribution in [0.25, 0.3) is 10.8 Å². The second kappa shape index (κ2) is 6.36. The minimum atomic E-state index is 0.0527. The zero-order chi connectivity index (χ0) is 15.4. The lowest BCUT2D eigenvalue weighted by molar-refractivity contribution is 0.311. The van der Waals surface area contributed by atoms with Crippen molar-refractivity contribution in [3.05, 3.63) is 48.3 Å². The Morgan fingerprint density at radius 1 is 1.09 bits per heavy atom. The molecule has 0 radical (unpaired) electrons. The lowest BCUT2D eigenvalue weighted by Crippen LogP contribution is -2.10. The number of hydrogen-bond acceptors (Lipinski definition) is 6. The predicted molar refractivity (Wildman–Crippen MR) is 87.4 cm³/mol. The van der Waals surface area contributed by atoms with Gasteiger partial charge in [-0.2, -0.15) is 4.98 Å². The number of pyridine rings is 1. The second-order valence-electron chi connectivity index (χ2n) is 4.88. The molecule has 0 spiro atoms. The zero-order valence-electron chi connectivity index (χ0n) is 12.2. The lowest BCUT2D eigenvalue weighted by Gasteiger charge is -2.11. The summed E-state index contributed by atoms with van der Waals surface area (Å²) >= 11 is 0. The summed E-state index contributed by atoms with van der Waals surface area (Å²) < 4.78 is 0. The number of anilines is 3. The first-order valence-electron chi connectivity index (χ1n) is 7.07. The van der Waals surface area contributed by atoms with Gasteiger partial charge in [-0.3, -0.25) is 0 Å². The molecule has 2 heterocycles. The molecular weight excluding hydrogens is 278 g/mol. The van der Waals surface area contributed by atoms with Gasteiger partial charge in [-0.25, -0.2) is 9.97 Å². The molecule has 0 amide bonds. The molecule has 0 saturated heterocycles. The zero-order valence-corrected chi connectivity index (χ0v) is 12.2. The van der Waals surface area contributed by atoms with E-state index < -0.39 is 0 Å². The van der Waals surface area contributed by atoms with Crippen LogP contribution in [0, 0.1) is 6.92 Å². The number of fused-ring (bicyclic) bond motifs is 1. The Labute approximate surface area is 128 Å². The molecule has 112 valence electrons. The SMILES string of the molecule is Cc1cnc(Nc2nccc3ccccc23)nc1NCCO. The highest BCUT2D eigenvalue weighted by atomic mass is 16.3. The second-order valence-corrected chi connectivity index (χ2v) is 4.88. The van der Waals surface area contributed by atoms with Crippen LogP contribution >= 0.6 is 0 Å². The normalized spacial score (nSPS) is 10.6. The largest absolute Gasteiger partial charge is 0.395 e. The third-order valence-corrected chi connectivity index (χ3v) is 3.28. The van der Waals surface area contributed by atoms with Gasteiger partial charge in [-0.05, 0) is 18.4 Å². The molecule has 6 heteroatoms. The van der Waals surface area contributed by atoms with Crippen molar-refractivity contribution in [3.63, 3.8) is 0 Å². The molecule has 0 aliphatic heterocycles. The summed E-state index contributed by atoms with van der Waals surface area (Å²) in [5.41, 5.74) is 0.921. The quantitative estimate of drug-likeness (QED) is 0.671. The van der Waals surface area contributed by atoms with Gasteiger partial charge in [0.2, 0.25) is 5.95 Å². The monoisotopic (exact) mass is 295 g/mol. The van der Waals surface area contributed by atoms with Crippen molar-refractivity contribution < 1.29 is 5.11 Å². The van der Waals surface area contributed by atoms with Gasteiger partial charge < -0.3 is 15.7 Å². The number of aliphatic hydroxyl groups excluding tert-OH is 1. The maximum absolute atomic E-state index is 8.91. The molecular formula is C16H17N5O. The molecule has 3 rings (SSSR count). The van der Waals surface area contributed by atoms with Crippen molar-refractivity contribution in [1.82, 2.24) is 15.0 Å². The average Bonchev–Trinajstić information content (AvgIpc) is 2.56. The Kier molecular flexibility index (Phi) is 4.11. The smallest absolute Gasteiger partial charge is 0.230 e. The third kappa shape index (κ3) is 2.96. The minimum Gasteiger partial charge on any atom is -0.395 e. The van der Waals surface area contributed by atoms with E-state index in [0.717, 1.165) is 22.2 Å². The number of rotatable bonds is 5. The number of aromatic nitrogens is 3. The fraction of sp³-hybridized carbons (Fsp3) is 0.188. The first kappa shape index (κ1) is 14.2. The van der Waals surface area contributed by atoms with Crippen LogP contribution in [-0.4, -0.2) is 33.2 Å². The Bertz CT molecular complexity index is 785. The fourth-order valence-corrected chi connectivity index (χ4v) is 2.18. The summed E-state index contributed by atoms with van der Waals surface area (Å²) in [6, 6.07) is 9.96. The molecule has 0 aliphatic carbocycles. The van der Waals surface area contributed by atoms with E-state index in [1.54, 1.807) is 12.4 Å². The molecule has 0 bridgehead atoms. The van der Waals surface area contributed by atoms with Gasteiger partial charge >= 0.3 is 0 Å². The van der Waals surface area contributed by atoms with Crippen LogP contribution in [0.15, 0.2) is 42.7 Å². The van der Waals surface area contributed by atoms with Crippen molar-refractivity contribution in [3.8, 4) is 0 Å². The Balaban J connectivity index is 1.92. The van der Waals surface area contributed by atoms with E-state index in [2.05, 4.69) is 25.6 Å². The van der Waals surface area contributed by atoms with Crippen molar-refractivity contribution in [1.29, 1.82) is 0 Å². The number of aryl methyl sites for hydroxylation is 1. The van der Waals surface area contributed by atoms with Gasteiger partial charge in [-0.15, -0.1) is 0 Å². The van der Waals surface area contributed by atoms with Gasteiger partial charge in [-0.1, -0.05) is 24.3 Å². The number of benzene rings is 1. The molecule has 0 unspecified atom stereocenters. The van der Waals surface area contributed by atoms with E-state index in [0.29, 0.717) is 18.3 Å². The molecule has 6 nitrogen and oxygen atoms in total. The van der Waals surface area contributed by atoms with Crippen LogP contribution < -0.4 is 10.6 Å². The topological polar surface area (TPSA) is 83.0 Å². The van der Waals surface area contributed by atoms with Crippen LogP contribution in [0.1, 0.15) is 5.56 Å². The number of hydrogen-bond donors (Lipinski definition) is 3. The predicted octanol–water partition coefficient (Wildman–Crippen LogP) is 2.48. The number of aliphatic hydroxyl groups is 1. The first-order valence-corrected chi connectivity index (χ1v) is 7.07. The Morgan fingerprint density at radius 2 is 1.95 bits per heavy atom.